The maximum atomic E-state index is 11.8. The van der Waals surface area contributed by atoms with Crippen molar-refractivity contribution >= 4 is 17.8 Å². The number of carbonyl (C=O) groups is 3. The molecule has 0 saturated heterocycles. The summed E-state index contributed by atoms with van der Waals surface area (Å²) < 4.78 is 4.69. The van der Waals surface area contributed by atoms with Crippen molar-refractivity contribution in [3.63, 3.8) is 0 Å². The van der Waals surface area contributed by atoms with E-state index < -0.39 is 18.0 Å². The van der Waals surface area contributed by atoms with Crippen LogP contribution in [-0.4, -0.2) is 35.6 Å². The quantitative estimate of drug-likeness (QED) is 0.534. The van der Waals surface area contributed by atoms with Crippen molar-refractivity contribution in [3.8, 4) is 0 Å². The summed E-state index contributed by atoms with van der Waals surface area (Å²) in [6, 6.07) is 8.40. The number of hydrogen-bond donors (Lipinski definition) is 2. The first-order chi connectivity index (χ1) is 11.0. The molecule has 0 spiro atoms. The van der Waals surface area contributed by atoms with E-state index in [1.807, 2.05) is 30.3 Å². The minimum Gasteiger partial charge on any atom is -0.480 e. The number of carboxylic acids is 1. The van der Waals surface area contributed by atoms with E-state index in [9.17, 15) is 14.4 Å². The lowest BCUT2D eigenvalue weighted by Crippen LogP contribution is -2.40. The van der Waals surface area contributed by atoms with Gasteiger partial charge in [0, 0.05) is 12.5 Å². The molecular formula is C17H21NO5. The number of ether oxygens (including phenoxy) is 1. The Morgan fingerprint density at radius 2 is 1.96 bits per heavy atom. The standard InChI is InChI=1S/C17H21NO5/c1-2-23-16(20)10-6-9-14(17(21)22)18-15(19)12-11-13-7-4-3-5-8-13/h3-8,10,14H,2,9,11-12H2,1H3,(H,18,19)(H,21,22)/b10-6+/t14-/m1/s1. The van der Waals surface area contributed by atoms with Crippen LogP contribution in [0.5, 0.6) is 0 Å². The minimum atomic E-state index is -1.15. The summed E-state index contributed by atoms with van der Waals surface area (Å²) in [7, 11) is 0. The fourth-order valence-electron chi connectivity index (χ4n) is 1.88. The first-order valence-corrected chi connectivity index (χ1v) is 7.42. The molecule has 0 aliphatic carbocycles. The molecule has 1 rings (SSSR count). The molecule has 0 bridgehead atoms. The Labute approximate surface area is 135 Å². The number of hydrogen-bond acceptors (Lipinski definition) is 4. The smallest absolute Gasteiger partial charge is 0.330 e. The molecule has 0 saturated carbocycles. The van der Waals surface area contributed by atoms with Gasteiger partial charge in [0.25, 0.3) is 0 Å². The van der Waals surface area contributed by atoms with E-state index >= 15 is 0 Å². The summed E-state index contributed by atoms with van der Waals surface area (Å²) in [4.78, 5) is 34.1. The van der Waals surface area contributed by atoms with Crippen molar-refractivity contribution in [1.29, 1.82) is 0 Å². The number of aryl methyl sites for hydroxylation is 1. The lowest BCUT2D eigenvalue weighted by atomic mass is 10.1. The van der Waals surface area contributed by atoms with E-state index in [4.69, 9.17) is 9.84 Å². The van der Waals surface area contributed by atoms with Gasteiger partial charge >= 0.3 is 11.9 Å². The second-order valence-corrected chi connectivity index (χ2v) is 4.83. The topological polar surface area (TPSA) is 92.7 Å². The van der Waals surface area contributed by atoms with Gasteiger partial charge in [-0.2, -0.15) is 0 Å². The SMILES string of the molecule is CCOC(=O)/C=C/C[C@@H](NC(=O)CCc1ccccc1)C(=O)O. The molecule has 2 N–H and O–H groups in total. The molecule has 0 aliphatic heterocycles. The maximum Gasteiger partial charge on any atom is 0.330 e. The van der Waals surface area contributed by atoms with Gasteiger partial charge in [0.2, 0.25) is 5.91 Å². The van der Waals surface area contributed by atoms with Gasteiger partial charge in [-0.3, -0.25) is 4.79 Å². The van der Waals surface area contributed by atoms with Gasteiger partial charge in [0.15, 0.2) is 0 Å². The monoisotopic (exact) mass is 319 g/mol. The molecular weight excluding hydrogens is 298 g/mol. The van der Waals surface area contributed by atoms with Crippen LogP contribution in [-0.2, 0) is 25.5 Å². The van der Waals surface area contributed by atoms with Crippen molar-refractivity contribution in [2.75, 3.05) is 6.61 Å². The van der Waals surface area contributed by atoms with E-state index in [2.05, 4.69) is 5.32 Å². The third-order valence-electron chi connectivity index (χ3n) is 3.03. The van der Waals surface area contributed by atoms with Gasteiger partial charge in [0.1, 0.15) is 6.04 Å². The molecule has 0 heterocycles. The summed E-state index contributed by atoms with van der Waals surface area (Å²) in [5, 5.41) is 11.6. The van der Waals surface area contributed by atoms with Crippen molar-refractivity contribution in [1.82, 2.24) is 5.32 Å². The van der Waals surface area contributed by atoms with E-state index in [0.29, 0.717) is 6.42 Å². The Bertz CT molecular complexity index is 553. The van der Waals surface area contributed by atoms with Crippen LogP contribution in [0.25, 0.3) is 0 Å². The van der Waals surface area contributed by atoms with Crippen molar-refractivity contribution < 1.29 is 24.2 Å². The van der Waals surface area contributed by atoms with Crippen molar-refractivity contribution in [2.24, 2.45) is 0 Å². The highest BCUT2D eigenvalue weighted by Crippen LogP contribution is 2.03. The summed E-state index contributed by atoms with van der Waals surface area (Å²) >= 11 is 0. The van der Waals surface area contributed by atoms with E-state index in [0.717, 1.165) is 11.6 Å². The zero-order chi connectivity index (χ0) is 17.1. The summed E-state index contributed by atoms with van der Waals surface area (Å²) in [5.74, 6) is -2.02. The normalized spacial score (nSPS) is 11.9. The second-order valence-electron chi connectivity index (χ2n) is 4.83. The molecule has 6 heteroatoms. The lowest BCUT2D eigenvalue weighted by molar-refractivity contribution is -0.141. The number of carbonyl (C=O) groups excluding carboxylic acids is 2. The number of benzene rings is 1. The highest BCUT2D eigenvalue weighted by molar-refractivity contribution is 5.84. The number of amides is 1. The van der Waals surface area contributed by atoms with Gasteiger partial charge in [-0.1, -0.05) is 36.4 Å². The van der Waals surface area contributed by atoms with Crippen molar-refractivity contribution in [3.05, 3.63) is 48.0 Å². The molecule has 1 atom stereocenters. The molecule has 0 aliphatic rings. The minimum absolute atomic E-state index is 0.0191. The maximum absolute atomic E-state index is 11.8. The van der Waals surface area contributed by atoms with Crippen LogP contribution in [0.2, 0.25) is 0 Å². The molecule has 23 heavy (non-hydrogen) atoms. The van der Waals surface area contributed by atoms with Crippen LogP contribution >= 0.6 is 0 Å². The van der Waals surface area contributed by atoms with E-state index in [1.54, 1.807) is 6.92 Å². The largest absolute Gasteiger partial charge is 0.480 e. The fourth-order valence-corrected chi connectivity index (χ4v) is 1.88. The number of nitrogens with one attached hydrogen (secondary N) is 1. The molecule has 1 amide bonds. The van der Waals surface area contributed by atoms with E-state index in [1.165, 1.54) is 6.08 Å². The van der Waals surface area contributed by atoms with Crippen LogP contribution in [0.4, 0.5) is 0 Å². The fraction of sp³-hybridized carbons (Fsp3) is 0.353. The third kappa shape index (κ3) is 7.80. The molecule has 124 valence electrons. The van der Waals surface area contributed by atoms with Crippen molar-refractivity contribution in [2.45, 2.75) is 32.2 Å². The number of rotatable bonds is 9. The average molecular weight is 319 g/mol. The average Bonchev–Trinajstić information content (AvgIpc) is 2.53. The van der Waals surface area contributed by atoms with Crippen LogP contribution in [0.3, 0.4) is 0 Å². The Hall–Kier alpha value is -2.63. The van der Waals surface area contributed by atoms with Gasteiger partial charge in [0.05, 0.1) is 6.61 Å². The van der Waals surface area contributed by atoms with Gasteiger partial charge in [-0.25, -0.2) is 9.59 Å². The van der Waals surface area contributed by atoms with Crippen LogP contribution < -0.4 is 5.32 Å². The third-order valence-corrected chi connectivity index (χ3v) is 3.03. The number of esters is 1. The first-order valence-electron chi connectivity index (χ1n) is 7.42. The Kier molecular flexibility index (Phi) is 8.13. The predicted molar refractivity (Wildman–Crippen MR) is 84.7 cm³/mol. The molecule has 1 aromatic rings. The second kappa shape index (κ2) is 10.2. The van der Waals surface area contributed by atoms with Gasteiger partial charge < -0.3 is 15.2 Å². The van der Waals surface area contributed by atoms with Crippen LogP contribution in [0.1, 0.15) is 25.3 Å². The Balaban J connectivity index is 2.44. The molecule has 1 aromatic carbocycles. The zero-order valence-electron chi connectivity index (χ0n) is 13.0. The van der Waals surface area contributed by atoms with Crippen LogP contribution in [0, 0.1) is 0 Å². The highest BCUT2D eigenvalue weighted by Gasteiger charge is 2.18. The van der Waals surface area contributed by atoms with E-state index in [-0.39, 0.29) is 25.4 Å². The lowest BCUT2D eigenvalue weighted by Gasteiger charge is -2.12. The van der Waals surface area contributed by atoms with Gasteiger partial charge in [-0.05, 0) is 25.3 Å². The predicted octanol–water partition coefficient (Wildman–Crippen LogP) is 1.70. The molecule has 6 nitrogen and oxygen atoms in total. The molecule has 0 aromatic heterocycles. The Morgan fingerprint density at radius 3 is 2.57 bits per heavy atom. The summed E-state index contributed by atoms with van der Waals surface area (Å²) in [6.45, 7) is 1.93. The van der Waals surface area contributed by atoms with Gasteiger partial charge in [-0.15, -0.1) is 0 Å². The zero-order valence-corrected chi connectivity index (χ0v) is 13.0. The molecule has 0 fully saturated rings. The molecule has 0 radical (unpaired) electrons. The summed E-state index contributed by atoms with van der Waals surface area (Å²) in [5.41, 5.74) is 1.01. The van der Waals surface area contributed by atoms with Crippen LogP contribution in [0.15, 0.2) is 42.5 Å². The summed E-state index contributed by atoms with van der Waals surface area (Å²) in [6.07, 6.45) is 3.31. The Morgan fingerprint density at radius 1 is 1.26 bits per heavy atom. The number of carboxylic acid groups (broad SMARTS) is 1. The molecule has 0 unspecified atom stereocenters. The number of aliphatic carboxylic acids is 1. The highest BCUT2D eigenvalue weighted by atomic mass is 16.5. The first kappa shape index (κ1) is 18.4.